The second-order valence-corrected chi connectivity index (χ2v) is 5.67. The number of rotatable bonds is 5. The van der Waals surface area contributed by atoms with Crippen molar-refractivity contribution in [2.24, 2.45) is 5.92 Å². The third-order valence-corrected chi connectivity index (χ3v) is 3.96. The standard InChI is InChI=1S/C18H21N3O2.2ClH/c1-2-13-4-3-5-16(10-13)23-17-7-6-15(12-20-17)21-18(22)14-8-9-19-11-14;;/h3-7,10,12,14,19H,2,8-9,11H2,1H3,(H,21,22);2*1H. The first kappa shape index (κ1) is 21.2. The number of aromatic nitrogens is 1. The quantitative estimate of drug-likeness (QED) is 0.823. The number of hydrogen-bond donors (Lipinski definition) is 2. The zero-order chi connectivity index (χ0) is 16.1. The van der Waals surface area contributed by atoms with Gasteiger partial charge in [-0.25, -0.2) is 4.98 Å². The number of pyridine rings is 1. The summed E-state index contributed by atoms with van der Waals surface area (Å²) >= 11 is 0. The van der Waals surface area contributed by atoms with Gasteiger partial charge in [-0.2, -0.15) is 0 Å². The summed E-state index contributed by atoms with van der Waals surface area (Å²) in [6.07, 6.45) is 3.47. The molecule has 1 amide bonds. The van der Waals surface area contributed by atoms with Crippen LogP contribution < -0.4 is 15.4 Å². The SMILES string of the molecule is CCc1cccc(Oc2ccc(NC(=O)C3CCNC3)cn2)c1.Cl.Cl. The molecule has 2 N–H and O–H groups in total. The zero-order valence-corrected chi connectivity index (χ0v) is 15.7. The molecule has 1 fully saturated rings. The minimum absolute atomic E-state index is 0. The van der Waals surface area contributed by atoms with E-state index in [4.69, 9.17) is 4.74 Å². The third-order valence-electron chi connectivity index (χ3n) is 3.96. The van der Waals surface area contributed by atoms with Gasteiger partial charge in [-0.05, 0) is 43.1 Å². The number of anilines is 1. The maximum Gasteiger partial charge on any atom is 0.228 e. The number of nitrogens with zero attached hydrogens (tertiary/aromatic N) is 1. The summed E-state index contributed by atoms with van der Waals surface area (Å²) in [5.74, 6) is 1.37. The molecule has 5 nitrogen and oxygen atoms in total. The number of hydrogen-bond acceptors (Lipinski definition) is 4. The Morgan fingerprint density at radius 3 is 2.80 bits per heavy atom. The van der Waals surface area contributed by atoms with Crippen LogP contribution in [0.1, 0.15) is 18.9 Å². The van der Waals surface area contributed by atoms with Crippen LogP contribution in [0.15, 0.2) is 42.6 Å². The Morgan fingerprint density at radius 2 is 2.16 bits per heavy atom. The van der Waals surface area contributed by atoms with Crippen LogP contribution in [0.2, 0.25) is 0 Å². The maximum absolute atomic E-state index is 12.1. The highest BCUT2D eigenvalue weighted by atomic mass is 35.5. The Morgan fingerprint density at radius 1 is 1.32 bits per heavy atom. The van der Waals surface area contributed by atoms with Crippen LogP contribution in [0.5, 0.6) is 11.6 Å². The van der Waals surface area contributed by atoms with E-state index in [1.165, 1.54) is 5.56 Å². The first-order chi connectivity index (χ1) is 11.2. The van der Waals surface area contributed by atoms with E-state index in [-0.39, 0.29) is 36.6 Å². The fourth-order valence-corrected chi connectivity index (χ4v) is 2.59. The summed E-state index contributed by atoms with van der Waals surface area (Å²) in [6.45, 7) is 3.75. The molecule has 1 aromatic carbocycles. The lowest BCUT2D eigenvalue weighted by atomic mass is 10.1. The van der Waals surface area contributed by atoms with Gasteiger partial charge in [-0.15, -0.1) is 24.8 Å². The van der Waals surface area contributed by atoms with Crippen molar-refractivity contribution in [1.82, 2.24) is 10.3 Å². The van der Waals surface area contributed by atoms with Gasteiger partial charge in [0.15, 0.2) is 0 Å². The first-order valence-corrected chi connectivity index (χ1v) is 7.99. The van der Waals surface area contributed by atoms with Crippen LogP contribution in [0.3, 0.4) is 0 Å². The highest BCUT2D eigenvalue weighted by molar-refractivity contribution is 5.92. The van der Waals surface area contributed by atoms with Gasteiger partial charge in [0.2, 0.25) is 11.8 Å². The van der Waals surface area contributed by atoms with Gasteiger partial charge in [0.1, 0.15) is 5.75 Å². The molecule has 1 saturated heterocycles. The van der Waals surface area contributed by atoms with Gasteiger partial charge in [0.05, 0.1) is 17.8 Å². The Kier molecular flexibility index (Phi) is 8.69. The minimum atomic E-state index is 0. The molecule has 0 saturated carbocycles. The van der Waals surface area contributed by atoms with Crippen molar-refractivity contribution in [3.8, 4) is 11.6 Å². The van der Waals surface area contributed by atoms with E-state index in [1.54, 1.807) is 12.3 Å². The average molecular weight is 384 g/mol. The van der Waals surface area contributed by atoms with E-state index >= 15 is 0 Å². The van der Waals surface area contributed by atoms with Gasteiger partial charge in [0, 0.05) is 12.6 Å². The summed E-state index contributed by atoms with van der Waals surface area (Å²) in [4.78, 5) is 16.3. The minimum Gasteiger partial charge on any atom is -0.439 e. The Balaban J connectivity index is 0.00000156. The predicted octanol–water partition coefficient (Wildman–Crippen LogP) is 3.83. The first-order valence-electron chi connectivity index (χ1n) is 7.99. The number of halogens is 2. The van der Waals surface area contributed by atoms with Crippen molar-refractivity contribution in [1.29, 1.82) is 0 Å². The van der Waals surface area contributed by atoms with Gasteiger partial charge < -0.3 is 15.4 Å². The number of nitrogens with one attached hydrogen (secondary N) is 2. The van der Waals surface area contributed by atoms with E-state index in [0.29, 0.717) is 11.6 Å². The number of aryl methyl sites for hydroxylation is 1. The summed E-state index contributed by atoms with van der Waals surface area (Å²) in [5, 5.41) is 6.08. The lowest BCUT2D eigenvalue weighted by molar-refractivity contribution is -0.119. The highest BCUT2D eigenvalue weighted by Gasteiger charge is 2.22. The third kappa shape index (κ3) is 5.88. The molecule has 1 atom stereocenters. The van der Waals surface area contributed by atoms with Crippen LogP contribution >= 0.6 is 24.8 Å². The monoisotopic (exact) mass is 383 g/mol. The lowest BCUT2D eigenvalue weighted by Crippen LogP contribution is -2.24. The second-order valence-electron chi connectivity index (χ2n) is 5.67. The number of ether oxygens (including phenoxy) is 1. The van der Waals surface area contributed by atoms with Crippen molar-refractivity contribution in [3.63, 3.8) is 0 Å². The molecule has 0 aliphatic carbocycles. The molecule has 25 heavy (non-hydrogen) atoms. The van der Waals surface area contributed by atoms with Gasteiger partial charge >= 0.3 is 0 Å². The lowest BCUT2D eigenvalue weighted by Gasteiger charge is -2.10. The van der Waals surface area contributed by atoms with Crippen molar-refractivity contribution >= 4 is 36.4 Å². The Bertz CT molecular complexity index is 674. The van der Waals surface area contributed by atoms with E-state index < -0.39 is 0 Å². The molecule has 0 bridgehead atoms. The van der Waals surface area contributed by atoms with Crippen LogP contribution in [0.25, 0.3) is 0 Å². The molecule has 2 aromatic rings. The molecule has 7 heteroatoms. The molecule has 3 rings (SSSR count). The Hall–Kier alpha value is -1.82. The van der Waals surface area contributed by atoms with Gasteiger partial charge in [-0.1, -0.05) is 19.1 Å². The molecule has 1 aliphatic heterocycles. The largest absolute Gasteiger partial charge is 0.439 e. The molecule has 0 radical (unpaired) electrons. The van der Waals surface area contributed by atoms with E-state index in [9.17, 15) is 4.79 Å². The van der Waals surface area contributed by atoms with Crippen molar-refractivity contribution < 1.29 is 9.53 Å². The van der Waals surface area contributed by atoms with E-state index in [0.717, 1.165) is 31.7 Å². The topological polar surface area (TPSA) is 63.2 Å². The van der Waals surface area contributed by atoms with Crippen molar-refractivity contribution in [3.05, 3.63) is 48.2 Å². The van der Waals surface area contributed by atoms with E-state index in [1.807, 2.05) is 24.3 Å². The van der Waals surface area contributed by atoms with Gasteiger partial charge in [-0.3, -0.25) is 4.79 Å². The summed E-state index contributed by atoms with van der Waals surface area (Å²) < 4.78 is 5.75. The second kappa shape index (κ2) is 10.2. The fourth-order valence-electron chi connectivity index (χ4n) is 2.59. The number of amides is 1. The Labute approximate surface area is 160 Å². The molecule has 1 aromatic heterocycles. The number of benzene rings is 1. The fraction of sp³-hybridized carbons (Fsp3) is 0.333. The molecular formula is C18H23Cl2N3O2. The summed E-state index contributed by atoms with van der Waals surface area (Å²) in [6, 6.07) is 11.5. The summed E-state index contributed by atoms with van der Waals surface area (Å²) in [5.41, 5.74) is 1.91. The summed E-state index contributed by atoms with van der Waals surface area (Å²) in [7, 11) is 0. The van der Waals surface area contributed by atoms with Crippen LogP contribution in [0, 0.1) is 5.92 Å². The number of carbonyl (C=O) groups excluding carboxylic acids is 1. The van der Waals surface area contributed by atoms with Crippen molar-refractivity contribution in [2.75, 3.05) is 18.4 Å². The van der Waals surface area contributed by atoms with E-state index in [2.05, 4.69) is 28.6 Å². The van der Waals surface area contributed by atoms with Crippen LogP contribution in [-0.2, 0) is 11.2 Å². The zero-order valence-electron chi connectivity index (χ0n) is 14.0. The van der Waals surface area contributed by atoms with Crippen molar-refractivity contribution in [2.45, 2.75) is 19.8 Å². The van der Waals surface area contributed by atoms with Gasteiger partial charge in [0.25, 0.3) is 0 Å². The normalized spacial score (nSPS) is 15.6. The smallest absolute Gasteiger partial charge is 0.228 e. The molecule has 1 unspecified atom stereocenters. The molecule has 2 heterocycles. The van der Waals surface area contributed by atoms with Crippen LogP contribution in [0.4, 0.5) is 5.69 Å². The highest BCUT2D eigenvalue weighted by Crippen LogP contribution is 2.22. The average Bonchev–Trinajstić information content (AvgIpc) is 3.11. The van der Waals surface area contributed by atoms with Crippen LogP contribution in [-0.4, -0.2) is 24.0 Å². The predicted molar refractivity (Wildman–Crippen MR) is 104 cm³/mol. The molecule has 1 aliphatic rings. The maximum atomic E-state index is 12.1. The molecule has 0 spiro atoms. The number of carbonyl (C=O) groups is 1. The molecular weight excluding hydrogens is 361 g/mol. The molecule has 136 valence electrons.